The molecule has 5 heteroatoms. The largest absolute Gasteiger partial charge is 0.504 e. The molecule has 2 aromatic carbocycles. The van der Waals surface area contributed by atoms with Crippen LogP contribution >= 0.6 is 0 Å². The first kappa shape index (κ1) is 19.2. The zero-order chi connectivity index (χ0) is 19.4. The van der Waals surface area contributed by atoms with Gasteiger partial charge in [0.05, 0.1) is 6.54 Å². The molecular formula is C22H28N2O3. The highest BCUT2D eigenvalue weighted by molar-refractivity contribution is 5.78. The lowest BCUT2D eigenvalue weighted by atomic mass is 10.0. The lowest BCUT2D eigenvalue weighted by molar-refractivity contribution is -0.132. The minimum absolute atomic E-state index is 0.127. The summed E-state index contributed by atoms with van der Waals surface area (Å²) in [6.07, 6.45) is 0. The third-order valence-electron chi connectivity index (χ3n) is 5.05. The Morgan fingerprint density at radius 2 is 1.85 bits per heavy atom. The van der Waals surface area contributed by atoms with Crippen LogP contribution in [0.3, 0.4) is 0 Å². The van der Waals surface area contributed by atoms with Crippen molar-refractivity contribution in [3.8, 4) is 22.6 Å². The molecule has 1 N–H and O–H groups in total. The van der Waals surface area contributed by atoms with Gasteiger partial charge in [-0.2, -0.15) is 0 Å². The Labute approximate surface area is 161 Å². The van der Waals surface area contributed by atoms with E-state index in [9.17, 15) is 9.90 Å². The van der Waals surface area contributed by atoms with Crippen molar-refractivity contribution in [3.05, 3.63) is 47.5 Å². The molecule has 0 aromatic heterocycles. The molecule has 0 unspecified atom stereocenters. The fourth-order valence-corrected chi connectivity index (χ4v) is 3.47. The second-order valence-electron chi connectivity index (χ2n) is 6.97. The van der Waals surface area contributed by atoms with E-state index in [0.717, 1.165) is 16.7 Å². The SMILES string of the molecule is CCN(CC)C(=O)CN1CCOc2c(O)cc(-c3ccc(C)cc3)cc2C1. The minimum atomic E-state index is 0.127. The summed E-state index contributed by atoms with van der Waals surface area (Å²) in [4.78, 5) is 16.4. The molecule has 0 radical (unpaired) electrons. The number of nitrogens with zero attached hydrogens (tertiary/aromatic N) is 2. The van der Waals surface area contributed by atoms with Crippen molar-refractivity contribution in [1.29, 1.82) is 0 Å². The van der Waals surface area contributed by atoms with Gasteiger partial charge in [-0.15, -0.1) is 0 Å². The first-order valence-electron chi connectivity index (χ1n) is 9.57. The van der Waals surface area contributed by atoms with E-state index in [0.29, 0.717) is 45.1 Å². The molecular weight excluding hydrogens is 340 g/mol. The van der Waals surface area contributed by atoms with E-state index in [-0.39, 0.29) is 11.7 Å². The number of aryl methyl sites for hydroxylation is 1. The quantitative estimate of drug-likeness (QED) is 0.878. The van der Waals surface area contributed by atoms with Gasteiger partial charge >= 0.3 is 0 Å². The molecule has 3 rings (SSSR count). The second-order valence-corrected chi connectivity index (χ2v) is 6.97. The summed E-state index contributed by atoms with van der Waals surface area (Å²) < 4.78 is 5.80. The van der Waals surface area contributed by atoms with Gasteiger partial charge in [-0.3, -0.25) is 9.69 Å². The highest BCUT2D eigenvalue weighted by Gasteiger charge is 2.22. The molecule has 0 bridgehead atoms. The number of carbonyl (C=O) groups is 1. The molecule has 0 spiro atoms. The number of rotatable bonds is 5. The van der Waals surface area contributed by atoms with E-state index >= 15 is 0 Å². The van der Waals surface area contributed by atoms with Crippen molar-refractivity contribution in [1.82, 2.24) is 9.80 Å². The van der Waals surface area contributed by atoms with Crippen LogP contribution in [0.15, 0.2) is 36.4 Å². The van der Waals surface area contributed by atoms with Crippen LogP contribution in [0.4, 0.5) is 0 Å². The maximum atomic E-state index is 12.5. The molecule has 1 aliphatic heterocycles. The Morgan fingerprint density at radius 1 is 1.15 bits per heavy atom. The first-order valence-corrected chi connectivity index (χ1v) is 9.57. The summed E-state index contributed by atoms with van der Waals surface area (Å²) in [5.41, 5.74) is 4.11. The van der Waals surface area contributed by atoms with Gasteiger partial charge in [0.1, 0.15) is 6.61 Å². The topological polar surface area (TPSA) is 53.0 Å². The fourth-order valence-electron chi connectivity index (χ4n) is 3.47. The average Bonchev–Trinajstić information content (AvgIpc) is 2.85. The zero-order valence-electron chi connectivity index (χ0n) is 16.4. The predicted octanol–water partition coefficient (Wildman–Crippen LogP) is 3.43. The third kappa shape index (κ3) is 4.42. The lowest BCUT2D eigenvalue weighted by Crippen LogP contribution is -2.40. The van der Waals surface area contributed by atoms with Gasteiger partial charge in [0, 0.05) is 31.7 Å². The van der Waals surface area contributed by atoms with Crippen molar-refractivity contribution in [2.45, 2.75) is 27.3 Å². The van der Waals surface area contributed by atoms with Gasteiger partial charge in [0.15, 0.2) is 11.5 Å². The summed E-state index contributed by atoms with van der Waals surface area (Å²) in [5, 5.41) is 10.5. The van der Waals surface area contributed by atoms with Crippen molar-refractivity contribution in [2.24, 2.45) is 0 Å². The number of amides is 1. The Hall–Kier alpha value is -2.53. The van der Waals surface area contributed by atoms with Crippen LogP contribution < -0.4 is 4.74 Å². The minimum Gasteiger partial charge on any atom is -0.504 e. The number of hydrogen-bond donors (Lipinski definition) is 1. The monoisotopic (exact) mass is 368 g/mol. The highest BCUT2D eigenvalue weighted by atomic mass is 16.5. The molecule has 1 amide bonds. The number of aromatic hydroxyl groups is 1. The van der Waals surface area contributed by atoms with Crippen molar-refractivity contribution in [3.63, 3.8) is 0 Å². The highest BCUT2D eigenvalue weighted by Crippen LogP contribution is 2.37. The summed E-state index contributed by atoms with van der Waals surface area (Å²) >= 11 is 0. The molecule has 1 heterocycles. The maximum absolute atomic E-state index is 12.5. The second kappa shape index (κ2) is 8.44. The lowest BCUT2D eigenvalue weighted by Gasteiger charge is -2.24. The van der Waals surface area contributed by atoms with Gasteiger partial charge in [-0.1, -0.05) is 29.8 Å². The number of phenols is 1. The normalized spacial score (nSPS) is 14.2. The van der Waals surface area contributed by atoms with E-state index in [1.165, 1.54) is 5.56 Å². The molecule has 0 aliphatic carbocycles. The summed E-state index contributed by atoms with van der Waals surface area (Å²) in [6.45, 7) is 9.52. The standard InChI is InChI=1S/C22H28N2O3/c1-4-24(5-2)21(26)15-23-10-11-27-22-19(14-23)12-18(13-20(22)25)17-8-6-16(3)7-9-17/h6-9,12-13,25H,4-5,10-11,14-15H2,1-3H3. The van der Waals surface area contributed by atoms with E-state index in [1.807, 2.05) is 18.7 Å². The number of hydrogen-bond acceptors (Lipinski definition) is 4. The van der Waals surface area contributed by atoms with Crippen LogP contribution in [0.2, 0.25) is 0 Å². The summed E-state index contributed by atoms with van der Waals surface area (Å²) in [6, 6.07) is 12.0. The Balaban J connectivity index is 1.85. The van der Waals surface area contributed by atoms with Crippen molar-refractivity contribution >= 4 is 5.91 Å². The van der Waals surface area contributed by atoms with E-state index in [1.54, 1.807) is 6.07 Å². The number of phenolic OH excluding ortho intramolecular Hbond substituents is 1. The molecule has 0 atom stereocenters. The Bertz CT molecular complexity index is 798. The van der Waals surface area contributed by atoms with Gasteiger partial charge in [-0.05, 0) is 44.0 Å². The smallest absolute Gasteiger partial charge is 0.236 e. The van der Waals surface area contributed by atoms with E-state index in [2.05, 4.69) is 42.2 Å². The van der Waals surface area contributed by atoms with Crippen molar-refractivity contribution in [2.75, 3.05) is 32.8 Å². The number of carbonyl (C=O) groups excluding carboxylic acids is 1. The van der Waals surface area contributed by atoms with Gasteiger partial charge in [0.2, 0.25) is 5.91 Å². The molecule has 0 fully saturated rings. The van der Waals surface area contributed by atoms with Crippen LogP contribution in [-0.2, 0) is 11.3 Å². The van der Waals surface area contributed by atoms with Crippen LogP contribution in [0.1, 0.15) is 25.0 Å². The molecule has 2 aromatic rings. The van der Waals surface area contributed by atoms with Crippen LogP contribution in [0.25, 0.3) is 11.1 Å². The summed E-state index contributed by atoms with van der Waals surface area (Å²) in [7, 11) is 0. The number of ether oxygens (including phenoxy) is 1. The first-order chi connectivity index (χ1) is 13.0. The average molecular weight is 368 g/mol. The van der Waals surface area contributed by atoms with Gasteiger partial charge in [0.25, 0.3) is 0 Å². The van der Waals surface area contributed by atoms with Gasteiger partial charge < -0.3 is 14.7 Å². The number of likely N-dealkylation sites (N-methyl/N-ethyl adjacent to an activating group) is 1. The Kier molecular flexibility index (Phi) is 6.01. The predicted molar refractivity (Wildman–Crippen MR) is 107 cm³/mol. The number of benzene rings is 2. The van der Waals surface area contributed by atoms with Crippen LogP contribution in [0, 0.1) is 6.92 Å². The Morgan fingerprint density at radius 3 is 2.52 bits per heavy atom. The molecule has 0 saturated heterocycles. The number of fused-ring (bicyclic) bond motifs is 1. The maximum Gasteiger partial charge on any atom is 0.236 e. The third-order valence-corrected chi connectivity index (χ3v) is 5.05. The molecule has 144 valence electrons. The fraction of sp³-hybridized carbons (Fsp3) is 0.409. The van der Waals surface area contributed by atoms with Gasteiger partial charge in [-0.25, -0.2) is 0 Å². The molecule has 0 saturated carbocycles. The van der Waals surface area contributed by atoms with E-state index < -0.39 is 0 Å². The van der Waals surface area contributed by atoms with Crippen LogP contribution in [0.5, 0.6) is 11.5 Å². The molecule has 27 heavy (non-hydrogen) atoms. The van der Waals surface area contributed by atoms with Crippen molar-refractivity contribution < 1.29 is 14.6 Å². The van der Waals surface area contributed by atoms with E-state index in [4.69, 9.17) is 4.74 Å². The molecule has 5 nitrogen and oxygen atoms in total. The van der Waals surface area contributed by atoms with Crippen LogP contribution in [-0.4, -0.2) is 53.6 Å². The zero-order valence-corrected chi connectivity index (χ0v) is 16.4. The molecule has 1 aliphatic rings. The summed E-state index contributed by atoms with van der Waals surface area (Å²) in [5.74, 6) is 0.811.